The summed E-state index contributed by atoms with van der Waals surface area (Å²) in [5.41, 5.74) is 4.89. The number of furan rings is 1. The van der Waals surface area contributed by atoms with Crippen molar-refractivity contribution >= 4 is 5.91 Å². The molecule has 0 radical (unpaired) electrons. The van der Waals surface area contributed by atoms with E-state index < -0.39 is 0 Å². The van der Waals surface area contributed by atoms with E-state index in [1.165, 1.54) is 16.7 Å². The van der Waals surface area contributed by atoms with E-state index >= 15 is 0 Å². The lowest BCUT2D eigenvalue weighted by Crippen LogP contribution is -2.47. The van der Waals surface area contributed by atoms with Crippen LogP contribution in [0.25, 0.3) is 0 Å². The molecular formula is C37H37N3O2. The molecule has 1 saturated heterocycles. The van der Waals surface area contributed by atoms with E-state index in [9.17, 15) is 4.79 Å². The zero-order valence-electron chi connectivity index (χ0n) is 23.8. The third-order valence-corrected chi connectivity index (χ3v) is 8.06. The Bertz CT molecular complexity index is 1490. The Morgan fingerprint density at radius 1 is 0.643 bits per heavy atom. The molecular weight excluding hydrogens is 518 g/mol. The second-order valence-electron chi connectivity index (χ2n) is 10.9. The van der Waals surface area contributed by atoms with Crippen LogP contribution in [0.5, 0.6) is 0 Å². The number of nitrogens with zero attached hydrogens (tertiary/aromatic N) is 2. The first-order valence-corrected chi connectivity index (χ1v) is 14.8. The third kappa shape index (κ3) is 6.88. The molecule has 6 rings (SSSR count). The maximum atomic E-state index is 13.3. The van der Waals surface area contributed by atoms with Gasteiger partial charge in [0.25, 0.3) is 5.91 Å². The number of benzene rings is 4. The van der Waals surface area contributed by atoms with Gasteiger partial charge in [0.05, 0.1) is 18.6 Å². The molecule has 1 aliphatic rings. The SMILES string of the molecule is O=C(NC(Cc1ccccc1)c1ccccc1)c1ccc(CN2CCN(C(c3ccccc3)c3ccccc3)CC2)o1. The van der Waals surface area contributed by atoms with Crippen molar-refractivity contribution in [3.05, 3.63) is 167 Å². The zero-order valence-corrected chi connectivity index (χ0v) is 23.8. The molecule has 0 spiro atoms. The Morgan fingerprint density at radius 2 is 1.17 bits per heavy atom. The minimum Gasteiger partial charge on any atom is -0.455 e. The predicted molar refractivity (Wildman–Crippen MR) is 167 cm³/mol. The fraction of sp³-hybridized carbons (Fsp3) is 0.216. The van der Waals surface area contributed by atoms with Gasteiger partial charge < -0.3 is 9.73 Å². The maximum Gasteiger partial charge on any atom is 0.287 e. The summed E-state index contributed by atoms with van der Waals surface area (Å²) in [5, 5.41) is 3.21. The third-order valence-electron chi connectivity index (χ3n) is 8.06. The van der Waals surface area contributed by atoms with Gasteiger partial charge in [-0.1, -0.05) is 121 Å². The van der Waals surface area contributed by atoms with Crippen LogP contribution in [0.2, 0.25) is 0 Å². The Hall–Kier alpha value is -4.45. The number of amides is 1. The quantitative estimate of drug-likeness (QED) is 0.204. The molecule has 1 aliphatic heterocycles. The largest absolute Gasteiger partial charge is 0.455 e. The van der Waals surface area contributed by atoms with Gasteiger partial charge in [0.2, 0.25) is 0 Å². The summed E-state index contributed by atoms with van der Waals surface area (Å²) in [4.78, 5) is 18.3. The molecule has 0 aliphatic carbocycles. The molecule has 0 saturated carbocycles. The van der Waals surface area contributed by atoms with Gasteiger partial charge in [-0.15, -0.1) is 0 Å². The highest BCUT2D eigenvalue weighted by Crippen LogP contribution is 2.30. The molecule has 212 valence electrons. The van der Waals surface area contributed by atoms with Crippen molar-refractivity contribution in [1.82, 2.24) is 15.1 Å². The number of carbonyl (C=O) groups excluding carboxylic acids is 1. The van der Waals surface area contributed by atoms with Gasteiger partial charge in [0.1, 0.15) is 5.76 Å². The minimum absolute atomic E-state index is 0.148. The average molecular weight is 556 g/mol. The minimum atomic E-state index is -0.190. The summed E-state index contributed by atoms with van der Waals surface area (Å²) >= 11 is 0. The molecule has 1 aromatic heterocycles. The fourth-order valence-electron chi connectivity index (χ4n) is 5.89. The number of hydrogen-bond acceptors (Lipinski definition) is 4. The number of carbonyl (C=O) groups is 1. The van der Waals surface area contributed by atoms with Crippen LogP contribution in [0.3, 0.4) is 0 Å². The molecule has 1 unspecified atom stereocenters. The fourth-order valence-corrected chi connectivity index (χ4v) is 5.89. The van der Waals surface area contributed by atoms with Crippen LogP contribution in [0.1, 0.15) is 50.7 Å². The molecule has 1 fully saturated rings. The van der Waals surface area contributed by atoms with Crippen LogP contribution < -0.4 is 5.32 Å². The molecule has 5 nitrogen and oxygen atoms in total. The van der Waals surface area contributed by atoms with Crippen LogP contribution >= 0.6 is 0 Å². The lowest BCUT2D eigenvalue weighted by atomic mass is 9.96. The second-order valence-corrected chi connectivity index (χ2v) is 10.9. The highest BCUT2D eigenvalue weighted by atomic mass is 16.4. The number of piperazine rings is 1. The molecule has 4 aromatic carbocycles. The molecule has 42 heavy (non-hydrogen) atoms. The predicted octanol–water partition coefficient (Wildman–Crippen LogP) is 6.90. The summed E-state index contributed by atoms with van der Waals surface area (Å²) in [6, 6.07) is 45.7. The van der Waals surface area contributed by atoms with E-state index in [0.29, 0.717) is 18.7 Å². The first kappa shape index (κ1) is 27.7. The van der Waals surface area contributed by atoms with Gasteiger partial charge in [0, 0.05) is 26.2 Å². The lowest BCUT2D eigenvalue weighted by molar-refractivity contribution is 0.0888. The van der Waals surface area contributed by atoms with Crippen molar-refractivity contribution in [3.63, 3.8) is 0 Å². The highest BCUT2D eigenvalue weighted by molar-refractivity contribution is 5.91. The van der Waals surface area contributed by atoms with Crippen molar-refractivity contribution in [2.45, 2.75) is 25.0 Å². The first-order chi connectivity index (χ1) is 20.7. The Kier molecular flexibility index (Phi) is 8.89. The smallest absolute Gasteiger partial charge is 0.287 e. The van der Waals surface area contributed by atoms with E-state index in [1.54, 1.807) is 6.07 Å². The van der Waals surface area contributed by atoms with Crippen LogP contribution in [0, 0.1) is 0 Å². The van der Waals surface area contributed by atoms with Crippen LogP contribution in [-0.2, 0) is 13.0 Å². The second kappa shape index (κ2) is 13.5. The van der Waals surface area contributed by atoms with Gasteiger partial charge in [0.15, 0.2) is 5.76 Å². The molecule has 1 N–H and O–H groups in total. The van der Waals surface area contributed by atoms with E-state index in [0.717, 1.165) is 37.5 Å². The summed E-state index contributed by atoms with van der Waals surface area (Å²) < 4.78 is 6.08. The summed E-state index contributed by atoms with van der Waals surface area (Å²) in [6.07, 6.45) is 0.710. The first-order valence-electron chi connectivity index (χ1n) is 14.8. The molecule has 5 heteroatoms. The Morgan fingerprint density at radius 3 is 1.74 bits per heavy atom. The normalized spacial score (nSPS) is 15.0. The average Bonchev–Trinajstić information content (AvgIpc) is 3.52. The van der Waals surface area contributed by atoms with Crippen LogP contribution in [0.4, 0.5) is 0 Å². The highest BCUT2D eigenvalue weighted by Gasteiger charge is 2.27. The summed E-state index contributed by atoms with van der Waals surface area (Å²) in [6.45, 7) is 4.48. The van der Waals surface area contributed by atoms with Gasteiger partial charge >= 0.3 is 0 Å². The van der Waals surface area contributed by atoms with E-state index in [-0.39, 0.29) is 18.0 Å². The van der Waals surface area contributed by atoms with Crippen molar-refractivity contribution < 1.29 is 9.21 Å². The van der Waals surface area contributed by atoms with E-state index in [2.05, 4.69) is 100 Å². The van der Waals surface area contributed by atoms with E-state index in [1.807, 2.05) is 42.5 Å². The Labute approximate surface area is 248 Å². The number of hydrogen-bond donors (Lipinski definition) is 1. The number of nitrogens with one attached hydrogen (secondary N) is 1. The van der Waals surface area contributed by atoms with Crippen molar-refractivity contribution in [1.29, 1.82) is 0 Å². The van der Waals surface area contributed by atoms with Crippen molar-refractivity contribution in [2.24, 2.45) is 0 Å². The van der Waals surface area contributed by atoms with E-state index in [4.69, 9.17) is 4.42 Å². The monoisotopic (exact) mass is 555 g/mol. The lowest BCUT2D eigenvalue weighted by Gasteiger charge is -2.39. The zero-order chi connectivity index (χ0) is 28.6. The standard InChI is InChI=1S/C37H37N3O2/c41-37(38-34(30-15-7-2-8-16-30)27-29-13-5-1-6-14-29)35-22-21-33(42-35)28-39-23-25-40(26-24-39)36(31-17-9-3-10-18-31)32-19-11-4-12-20-32/h1-22,34,36H,23-28H2,(H,38,41). The summed E-state index contributed by atoms with van der Waals surface area (Å²) in [7, 11) is 0. The molecule has 1 amide bonds. The van der Waals surface area contributed by atoms with Crippen LogP contribution in [0.15, 0.2) is 138 Å². The Balaban J connectivity index is 1.08. The molecule has 0 bridgehead atoms. The summed E-state index contributed by atoms with van der Waals surface area (Å²) in [5.74, 6) is 0.978. The maximum absolute atomic E-state index is 13.3. The number of rotatable bonds is 10. The van der Waals surface area contributed by atoms with Crippen LogP contribution in [-0.4, -0.2) is 41.9 Å². The molecule has 1 atom stereocenters. The van der Waals surface area contributed by atoms with Crippen molar-refractivity contribution in [2.75, 3.05) is 26.2 Å². The van der Waals surface area contributed by atoms with Crippen molar-refractivity contribution in [3.8, 4) is 0 Å². The van der Waals surface area contributed by atoms with Gasteiger partial charge in [-0.25, -0.2) is 0 Å². The topological polar surface area (TPSA) is 48.7 Å². The van der Waals surface area contributed by atoms with Gasteiger partial charge in [-0.05, 0) is 40.8 Å². The molecule has 5 aromatic rings. The van der Waals surface area contributed by atoms with Gasteiger partial charge in [-0.3, -0.25) is 14.6 Å². The molecule has 2 heterocycles. The van der Waals surface area contributed by atoms with Gasteiger partial charge in [-0.2, -0.15) is 0 Å².